The smallest absolute Gasteiger partial charge is 0.130 e. The van der Waals surface area contributed by atoms with E-state index in [-0.39, 0.29) is 6.04 Å². The van der Waals surface area contributed by atoms with Gasteiger partial charge in [0.15, 0.2) is 0 Å². The molecule has 0 aromatic carbocycles. The lowest BCUT2D eigenvalue weighted by Gasteiger charge is -2.14. The second-order valence-electron chi connectivity index (χ2n) is 3.98. The van der Waals surface area contributed by atoms with Gasteiger partial charge in [0.1, 0.15) is 11.6 Å². The van der Waals surface area contributed by atoms with Crippen molar-refractivity contribution in [3.8, 4) is 0 Å². The van der Waals surface area contributed by atoms with Gasteiger partial charge < -0.3 is 9.88 Å². The molecule has 2 aromatic rings. The molecule has 0 bridgehead atoms. The standard InChI is InChI=1S/C12H16N4/c1-9-4-5-13-11(8-9)15-10(2)12-14-6-7-16(12)3/h4-8,10H,1-3H3,(H,13,15). The molecule has 0 spiro atoms. The molecule has 0 aliphatic rings. The highest BCUT2D eigenvalue weighted by Crippen LogP contribution is 2.15. The van der Waals surface area contributed by atoms with Gasteiger partial charge in [-0.2, -0.15) is 0 Å². The number of hydrogen-bond donors (Lipinski definition) is 1. The minimum Gasteiger partial charge on any atom is -0.360 e. The van der Waals surface area contributed by atoms with Gasteiger partial charge in [0.05, 0.1) is 6.04 Å². The first-order chi connectivity index (χ1) is 7.66. The molecule has 84 valence electrons. The zero-order valence-corrected chi connectivity index (χ0v) is 9.81. The highest BCUT2D eigenvalue weighted by molar-refractivity contribution is 5.38. The van der Waals surface area contributed by atoms with Crippen LogP contribution in [-0.2, 0) is 7.05 Å². The van der Waals surface area contributed by atoms with E-state index in [9.17, 15) is 0 Å². The number of pyridine rings is 1. The summed E-state index contributed by atoms with van der Waals surface area (Å²) in [6.45, 7) is 4.13. The van der Waals surface area contributed by atoms with Crippen LogP contribution in [0.5, 0.6) is 0 Å². The van der Waals surface area contributed by atoms with E-state index in [1.54, 1.807) is 6.20 Å². The molecule has 0 saturated heterocycles. The molecule has 1 atom stereocenters. The van der Waals surface area contributed by atoms with Gasteiger partial charge in [-0.05, 0) is 31.5 Å². The predicted octanol–water partition coefficient (Wildman–Crippen LogP) is 2.30. The van der Waals surface area contributed by atoms with Gasteiger partial charge in [0.2, 0.25) is 0 Å². The van der Waals surface area contributed by atoms with Gasteiger partial charge in [-0.3, -0.25) is 0 Å². The Bertz CT molecular complexity index is 475. The summed E-state index contributed by atoms with van der Waals surface area (Å²) in [5, 5.41) is 3.33. The molecule has 0 radical (unpaired) electrons. The summed E-state index contributed by atoms with van der Waals surface area (Å²) in [7, 11) is 1.99. The van der Waals surface area contributed by atoms with Crippen LogP contribution >= 0.6 is 0 Å². The van der Waals surface area contributed by atoms with Crippen molar-refractivity contribution in [2.45, 2.75) is 19.9 Å². The van der Waals surface area contributed by atoms with E-state index in [1.807, 2.05) is 36.1 Å². The molecule has 2 rings (SSSR count). The Balaban J connectivity index is 2.14. The molecule has 1 N–H and O–H groups in total. The molecule has 0 fully saturated rings. The van der Waals surface area contributed by atoms with E-state index in [1.165, 1.54) is 5.56 Å². The fourth-order valence-corrected chi connectivity index (χ4v) is 1.70. The molecule has 1 unspecified atom stereocenters. The number of hydrogen-bond acceptors (Lipinski definition) is 3. The maximum Gasteiger partial charge on any atom is 0.130 e. The maximum absolute atomic E-state index is 4.31. The first-order valence-electron chi connectivity index (χ1n) is 5.33. The minimum atomic E-state index is 0.147. The number of imidazole rings is 1. The summed E-state index contributed by atoms with van der Waals surface area (Å²) in [5.41, 5.74) is 1.20. The third-order valence-corrected chi connectivity index (χ3v) is 2.53. The molecule has 16 heavy (non-hydrogen) atoms. The maximum atomic E-state index is 4.31. The predicted molar refractivity (Wildman–Crippen MR) is 64.2 cm³/mol. The topological polar surface area (TPSA) is 42.7 Å². The Kier molecular flexibility index (Phi) is 2.90. The zero-order chi connectivity index (χ0) is 11.5. The van der Waals surface area contributed by atoms with Crippen molar-refractivity contribution in [1.29, 1.82) is 0 Å². The molecular formula is C12H16N4. The van der Waals surface area contributed by atoms with Crippen LogP contribution in [0.2, 0.25) is 0 Å². The highest BCUT2D eigenvalue weighted by Gasteiger charge is 2.10. The summed E-state index contributed by atoms with van der Waals surface area (Å²) < 4.78 is 2.01. The first-order valence-corrected chi connectivity index (χ1v) is 5.33. The molecule has 0 amide bonds. The SMILES string of the molecule is Cc1ccnc(NC(C)c2nccn2C)c1. The summed E-state index contributed by atoms with van der Waals surface area (Å²) in [4.78, 5) is 8.58. The zero-order valence-electron chi connectivity index (χ0n) is 9.81. The largest absolute Gasteiger partial charge is 0.360 e. The summed E-state index contributed by atoms with van der Waals surface area (Å²) in [6, 6.07) is 4.16. The Labute approximate surface area is 95.4 Å². The number of aromatic nitrogens is 3. The molecular weight excluding hydrogens is 200 g/mol. The van der Waals surface area contributed by atoms with E-state index in [2.05, 4.69) is 29.1 Å². The minimum absolute atomic E-state index is 0.147. The molecule has 0 aliphatic carbocycles. The number of anilines is 1. The van der Waals surface area contributed by atoms with E-state index in [4.69, 9.17) is 0 Å². The van der Waals surface area contributed by atoms with Crippen molar-refractivity contribution in [2.75, 3.05) is 5.32 Å². The van der Waals surface area contributed by atoms with Crippen molar-refractivity contribution in [3.05, 3.63) is 42.1 Å². The summed E-state index contributed by atoms with van der Waals surface area (Å²) >= 11 is 0. The van der Waals surface area contributed by atoms with Gasteiger partial charge in [-0.25, -0.2) is 9.97 Å². The van der Waals surface area contributed by atoms with Crippen molar-refractivity contribution >= 4 is 5.82 Å². The second kappa shape index (κ2) is 4.35. The number of nitrogens with zero attached hydrogens (tertiary/aromatic N) is 3. The molecule has 4 heteroatoms. The number of aryl methyl sites for hydroxylation is 2. The van der Waals surface area contributed by atoms with Crippen LogP contribution in [0.15, 0.2) is 30.7 Å². The van der Waals surface area contributed by atoms with Gasteiger partial charge in [-0.1, -0.05) is 0 Å². The summed E-state index contributed by atoms with van der Waals surface area (Å²) in [6.07, 6.45) is 5.55. The monoisotopic (exact) mass is 216 g/mol. The molecule has 0 saturated carbocycles. The lowest BCUT2D eigenvalue weighted by Crippen LogP contribution is -2.12. The fraction of sp³-hybridized carbons (Fsp3) is 0.333. The van der Waals surface area contributed by atoms with Gasteiger partial charge >= 0.3 is 0 Å². The van der Waals surface area contributed by atoms with Crippen LogP contribution in [0.4, 0.5) is 5.82 Å². The number of nitrogens with one attached hydrogen (secondary N) is 1. The van der Waals surface area contributed by atoms with Crippen molar-refractivity contribution in [1.82, 2.24) is 14.5 Å². The van der Waals surface area contributed by atoms with Crippen LogP contribution in [0, 0.1) is 6.92 Å². The average Bonchev–Trinajstić information content (AvgIpc) is 2.64. The van der Waals surface area contributed by atoms with Crippen molar-refractivity contribution < 1.29 is 0 Å². The summed E-state index contributed by atoms with van der Waals surface area (Å²) in [5.74, 6) is 1.89. The van der Waals surface area contributed by atoms with Crippen LogP contribution in [0.3, 0.4) is 0 Å². The first kappa shape index (κ1) is 10.7. The van der Waals surface area contributed by atoms with Crippen molar-refractivity contribution in [3.63, 3.8) is 0 Å². The van der Waals surface area contributed by atoms with E-state index >= 15 is 0 Å². The van der Waals surface area contributed by atoms with Crippen LogP contribution in [-0.4, -0.2) is 14.5 Å². The van der Waals surface area contributed by atoms with E-state index in [0.717, 1.165) is 11.6 Å². The van der Waals surface area contributed by atoms with Crippen LogP contribution in [0.1, 0.15) is 24.4 Å². The highest BCUT2D eigenvalue weighted by atomic mass is 15.1. The lowest BCUT2D eigenvalue weighted by atomic mass is 10.2. The van der Waals surface area contributed by atoms with Crippen LogP contribution in [0.25, 0.3) is 0 Å². The van der Waals surface area contributed by atoms with E-state index in [0.29, 0.717) is 0 Å². The lowest BCUT2D eigenvalue weighted by molar-refractivity contribution is 0.719. The van der Waals surface area contributed by atoms with Gasteiger partial charge in [0.25, 0.3) is 0 Å². The molecule has 2 heterocycles. The third-order valence-electron chi connectivity index (χ3n) is 2.53. The van der Waals surface area contributed by atoms with Crippen molar-refractivity contribution in [2.24, 2.45) is 7.05 Å². The van der Waals surface area contributed by atoms with E-state index < -0.39 is 0 Å². The molecule has 0 aliphatic heterocycles. The average molecular weight is 216 g/mol. The Morgan fingerprint density at radius 2 is 2.12 bits per heavy atom. The number of rotatable bonds is 3. The van der Waals surface area contributed by atoms with Gasteiger partial charge in [-0.15, -0.1) is 0 Å². The Morgan fingerprint density at radius 1 is 1.31 bits per heavy atom. The third kappa shape index (κ3) is 2.21. The molecule has 2 aromatic heterocycles. The van der Waals surface area contributed by atoms with Crippen LogP contribution < -0.4 is 5.32 Å². The van der Waals surface area contributed by atoms with Gasteiger partial charge in [0, 0.05) is 25.6 Å². The second-order valence-corrected chi connectivity index (χ2v) is 3.98. The molecule has 4 nitrogen and oxygen atoms in total. The normalized spacial score (nSPS) is 12.4. The quantitative estimate of drug-likeness (QED) is 0.856. The Morgan fingerprint density at radius 3 is 2.75 bits per heavy atom. The Hall–Kier alpha value is -1.84. The fourth-order valence-electron chi connectivity index (χ4n) is 1.70.